The van der Waals surface area contributed by atoms with Crippen LogP contribution >= 0.6 is 0 Å². The summed E-state index contributed by atoms with van der Waals surface area (Å²) in [7, 11) is 0. The number of unbranched alkanes of at least 4 members (excludes halogenated alkanes) is 1. The van der Waals surface area contributed by atoms with E-state index in [-0.39, 0.29) is 19.3 Å². The zero-order valence-corrected chi connectivity index (χ0v) is 20.9. The molecular weight excluding hydrogens is 500 g/mol. The highest BCUT2D eigenvalue weighted by atomic mass is 16.4. The van der Waals surface area contributed by atoms with Gasteiger partial charge in [0, 0.05) is 12.8 Å². The first-order valence-corrected chi connectivity index (χ1v) is 12.1. The molecule has 4 atom stereocenters. The Labute approximate surface area is 219 Å². The number of hydrogen-bond acceptors (Lipinski definition) is 8. The Morgan fingerprint density at radius 2 is 1.37 bits per heavy atom. The number of aliphatic carboxylic acids is 2. The first-order chi connectivity index (χ1) is 17.9. The fourth-order valence-electron chi connectivity index (χ4n) is 3.46. The maximum absolute atomic E-state index is 13.0. The fraction of sp³-hybridized carbons (Fsp3) is 0.500. The van der Waals surface area contributed by atoms with Gasteiger partial charge in [-0.3, -0.25) is 24.0 Å². The molecule has 4 amide bonds. The average Bonchev–Trinajstić information content (AvgIpc) is 2.85. The second kappa shape index (κ2) is 16.7. The maximum atomic E-state index is 13.0. The number of nitrogens with two attached hydrogens (primary N) is 3. The second-order valence-corrected chi connectivity index (χ2v) is 8.71. The molecule has 0 bridgehead atoms. The molecule has 0 saturated heterocycles. The van der Waals surface area contributed by atoms with E-state index in [1.165, 1.54) is 0 Å². The van der Waals surface area contributed by atoms with Gasteiger partial charge in [-0.1, -0.05) is 36.8 Å². The SMILES string of the molecule is NCCCCC(N)C(=O)NC(CCC(=O)O)C(=O)NC(CC(N)=O)C(=O)NC(Cc1ccccc1)C(=O)O. The van der Waals surface area contributed by atoms with E-state index in [0.29, 0.717) is 24.9 Å². The van der Waals surface area contributed by atoms with Crippen LogP contribution in [0.4, 0.5) is 0 Å². The van der Waals surface area contributed by atoms with Gasteiger partial charge in [0.05, 0.1) is 12.5 Å². The van der Waals surface area contributed by atoms with Crippen LogP contribution in [0.2, 0.25) is 0 Å². The quantitative estimate of drug-likeness (QED) is 0.0953. The first-order valence-electron chi connectivity index (χ1n) is 12.1. The van der Waals surface area contributed by atoms with E-state index >= 15 is 0 Å². The minimum absolute atomic E-state index is 0.0709. The zero-order chi connectivity index (χ0) is 28.7. The molecule has 1 aromatic rings. The molecule has 0 aromatic heterocycles. The Kier molecular flexibility index (Phi) is 14.0. The predicted octanol–water partition coefficient (Wildman–Crippen LogP) is -2.04. The molecule has 0 fully saturated rings. The number of carboxylic acids is 2. The molecule has 1 aromatic carbocycles. The summed E-state index contributed by atoms with van der Waals surface area (Å²) in [5.41, 5.74) is 17.1. The summed E-state index contributed by atoms with van der Waals surface area (Å²) in [5, 5.41) is 25.5. The van der Waals surface area contributed by atoms with Gasteiger partial charge in [0.1, 0.15) is 18.1 Å². The Hall–Kier alpha value is -4.04. The summed E-state index contributed by atoms with van der Waals surface area (Å²) in [4.78, 5) is 72.7. The molecule has 0 heterocycles. The van der Waals surface area contributed by atoms with Crippen LogP contribution in [0.1, 0.15) is 44.1 Å². The van der Waals surface area contributed by atoms with E-state index in [4.69, 9.17) is 22.3 Å². The van der Waals surface area contributed by atoms with Gasteiger partial charge in [0.25, 0.3) is 0 Å². The number of carbonyl (C=O) groups is 6. The van der Waals surface area contributed by atoms with E-state index in [2.05, 4.69) is 16.0 Å². The molecular formula is C24H36N6O8. The minimum Gasteiger partial charge on any atom is -0.481 e. The van der Waals surface area contributed by atoms with Crippen LogP contribution < -0.4 is 33.2 Å². The number of carboxylic acid groups (broad SMARTS) is 2. The number of benzene rings is 1. The Balaban J connectivity index is 2.99. The van der Waals surface area contributed by atoms with E-state index in [0.717, 1.165) is 0 Å². The van der Waals surface area contributed by atoms with Crippen molar-refractivity contribution in [3.8, 4) is 0 Å². The molecule has 0 radical (unpaired) electrons. The molecule has 1 rings (SSSR count). The van der Waals surface area contributed by atoms with Crippen LogP contribution in [0, 0.1) is 0 Å². The van der Waals surface area contributed by atoms with Crippen molar-refractivity contribution in [2.45, 2.75) is 69.1 Å². The number of nitrogens with one attached hydrogen (secondary N) is 3. The summed E-state index contributed by atoms with van der Waals surface area (Å²) in [6.45, 7) is 0.412. The normalized spacial score (nSPS) is 13.8. The van der Waals surface area contributed by atoms with Crippen LogP contribution in [0.5, 0.6) is 0 Å². The number of hydrogen-bond donors (Lipinski definition) is 8. The third-order valence-corrected chi connectivity index (χ3v) is 5.52. The summed E-state index contributed by atoms with van der Waals surface area (Å²) in [6.07, 6.45) is -0.0985. The van der Waals surface area contributed by atoms with Crippen molar-refractivity contribution in [2.24, 2.45) is 17.2 Å². The van der Waals surface area contributed by atoms with Crippen LogP contribution in [0.25, 0.3) is 0 Å². The number of amides is 4. The molecule has 0 saturated carbocycles. The van der Waals surface area contributed by atoms with Gasteiger partial charge in [0.15, 0.2) is 0 Å². The van der Waals surface area contributed by atoms with Crippen molar-refractivity contribution in [1.29, 1.82) is 0 Å². The van der Waals surface area contributed by atoms with Gasteiger partial charge >= 0.3 is 11.9 Å². The van der Waals surface area contributed by atoms with Crippen LogP contribution in [0.15, 0.2) is 30.3 Å². The van der Waals surface area contributed by atoms with E-state index in [9.17, 15) is 33.9 Å². The molecule has 0 spiro atoms. The topological polar surface area (TPSA) is 257 Å². The zero-order valence-electron chi connectivity index (χ0n) is 20.9. The molecule has 0 aliphatic rings. The molecule has 0 aliphatic carbocycles. The maximum Gasteiger partial charge on any atom is 0.326 e. The van der Waals surface area contributed by atoms with Gasteiger partial charge in [-0.15, -0.1) is 0 Å². The molecule has 4 unspecified atom stereocenters. The van der Waals surface area contributed by atoms with Crippen LogP contribution in [-0.2, 0) is 35.2 Å². The summed E-state index contributed by atoms with van der Waals surface area (Å²) in [5.74, 6) is -6.22. The largest absolute Gasteiger partial charge is 0.481 e. The smallest absolute Gasteiger partial charge is 0.326 e. The fourth-order valence-corrected chi connectivity index (χ4v) is 3.46. The van der Waals surface area contributed by atoms with Crippen molar-refractivity contribution in [3.05, 3.63) is 35.9 Å². The molecule has 14 nitrogen and oxygen atoms in total. The standard InChI is InChI=1S/C24H36N6O8/c25-11-5-4-8-15(26)21(34)28-16(9-10-20(32)33)22(35)29-17(13-19(27)31)23(36)30-18(24(37)38)12-14-6-2-1-3-7-14/h1-3,6-7,15-18H,4-5,8-13,25-26H2,(H2,27,31)(H,28,34)(H,29,35)(H,30,36)(H,32,33)(H,37,38). The predicted molar refractivity (Wildman–Crippen MR) is 135 cm³/mol. The number of rotatable bonds is 18. The number of carbonyl (C=O) groups excluding carboxylic acids is 4. The lowest BCUT2D eigenvalue weighted by Gasteiger charge is -2.24. The first kappa shape index (κ1) is 32.0. The van der Waals surface area contributed by atoms with Gasteiger partial charge in [-0.2, -0.15) is 0 Å². The Morgan fingerprint density at radius 1 is 0.789 bits per heavy atom. The molecule has 14 heteroatoms. The van der Waals surface area contributed by atoms with Crippen molar-refractivity contribution in [3.63, 3.8) is 0 Å². The van der Waals surface area contributed by atoms with Crippen molar-refractivity contribution >= 4 is 35.6 Å². The highest BCUT2D eigenvalue weighted by molar-refractivity contribution is 5.96. The average molecular weight is 537 g/mol. The summed E-state index contributed by atoms with van der Waals surface area (Å²) >= 11 is 0. The van der Waals surface area contributed by atoms with E-state index in [1.807, 2.05) is 0 Å². The third kappa shape index (κ3) is 12.3. The monoisotopic (exact) mass is 536 g/mol. The second-order valence-electron chi connectivity index (χ2n) is 8.71. The number of primary amides is 1. The Bertz CT molecular complexity index is 974. The van der Waals surface area contributed by atoms with Crippen molar-refractivity contribution in [1.82, 2.24) is 16.0 Å². The van der Waals surface area contributed by atoms with Crippen LogP contribution in [0.3, 0.4) is 0 Å². The highest BCUT2D eigenvalue weighted by Gasteiger charge is 2.31. The van der Waals surface area contributed by atoms with E-state index < -0.39 is 72.6 Å². The highest BCUT2D eigenvalue weighted by Crippen LogP contribution is 2.07. The summed E-state index contributed by atoms with van der Waals surface area (Å²) in [6, 6.07) is 3.11. The van der Waals surface area contributed by atoms with Crippen LogP contribution in [-0.4, -0.2) is 76.5 Å². The lowest BCUT2D eigenvalue weighted by molar-refractivity contribution is -0.142. The van der Waals surface area contributed by atoms with Crippen molar-refractivity contribution < 1.29 is 39.0 Å². The molecule has 11 N–H and O–H groups in total. The van der Waals surface area contributed by atoms with E-state index in [1.54, 1.807) is 30.3 Å². The summed E-state index contributed by atoms with van der Waals surface area (Å²) < 4.78 is 0. The van der Waals surface area contributed by atoms with Gasteiger partial charge in [-0.05, 0) is 31.4 Å². The minimum atomic E-state index is -1.58. The van der Waals surface area contributed by atoms with Gasteiger partial charge in [-0.25, -0.2) is 4.79 Å². The lowest BCUT2D eigenvalue weighted by Crippen LogP contribution is -2.58. The third-order valence-electron chi connectivity index (χ3n) is 5.52. The van der Waals surface area contributed by atoms with Gasteiger partial charge in [0.2, 0.25) is 23.6 Å². The molecule has 0 aliphatic heterocycles. The Morgan fingerprint density at radius 3 is 1.92 bits per heavy atom. The lowest BCUT2D eigenvalue weighted by atomic mass is 10.0. The van der Waals surface area contributed by atoms with Gasteiger partial charge < -0.3 is 43.4 Å². The molecule has 38 heavy (non-hydrogen) atoms. The molecule has 210 valence electrons. The van der Waals surface area contributed by atoms with Crippen molar-refractivity contribution in [2.75, 3.05) is 6.54 Å².